The van der Waals surface area contributed by atoms with Crippen molar-refractivity contribution >= 4 is 17.2 Å². The van der Waals surface area contributed by atoms with Crippen LogP contribution in [0.5, 0.6) is 5.75 Å². The van der Waals surface area contributed by atoms with E-state index in [0.29, 0.717) is 11.4 Å². The Morgan fingerprint density at radius 1 is 1.00 bits per heavy atom. The fraction of sp³-hybridized carbons (Fsp3) is 0.0526. The molecule has 4 aromatic rings. The van der Waals surface area contributed by atoms with Crippen LogP contribution in [0.3, 0.4) is 0 Å². The molecule has 0 unspecified atom stereocenters. The lowest BCUT2D eigenvalue weighted by Gasteiger charge is -2.05. The summed E-state index contributed by atoms with van der Waals surface area (Å²) in [6, 6.07) is 18.7. The van der Waals surface area contributed by atoms with Crippen LogP contribution in [0.4, 0.5) is 0 Å². The summed E-state index contributed by atoms with van der Waals surface area (Å²) in [6.07, 6.45) is 2.52. The first kappa shape index (κ1) is 14.7. The van der Waals surface area contributed by atoms with Crippen molar-refractivity contribution in [3.8, 4) is 17.0 Å². The SMILES string of the molecule is Oc1ccc(Cc2cnc3ccc(-c4cccc(Cl)c4)nn23)cc1. The molecule has 0 aliphatic heterocycles. The predicted octanol–water partition coefficient (Wildman–Crippen LogP) is 4.35. The Labute approximate surface area is 144 Å². The van der Waals surface area contributed by atoms with Crippen molar-refractivity contribution in [1.29, 1.82) is 0 Å². The van der Waals surface area contributed by atoms with Gasteiger partial charge in [0.1, 0.15) is 5.75 Å². The molecule has 0 saturated carbocycles. The van der Waals surface area contributed by atoms with Gasteiger partial charge in [0.15, 0.2) is 5.65 Å². The Balaban J connectivity index is 1.74. The Kier molecular flexibility index (Phi) is 3.67. The fourth-order valence-corrected chi connectivity index (χ4v) is 2.86. The maximum atomic E-state index is 9.40. The molecule has 0 aliphatic carbocycles. The van der Waals surface area contributed by atoms with Gasteiger partial charge in [-0.05, 0) is 42.0 Å². The van der Waals surface area contributed by atoms with Crippen LogP contribution in [0.2, 0.25) is 5.02 Å². The number of fused-ring (bicyclic) bond motifs is 1. The predicted molar refractivity (Wildman–Crippen MR) is 94.3 cm³/mol. The van der Waals surface area contributed by atoms with E-state index in [0.717, 1.165) is 28.2 Å². The summed E-state index contributed by atoms with van der Waals surface area (Å²) in [5.41, 5.74) is 4.68. The first-order chi connectivity index (χ1) is 11.7. The van der Waals surface area contributed by atoms with Gasteiger partial charge >= 0.3 is 0 Å². The van der Waals surface area contributed by atoms with Crippen molar-refractivity contribution < 1.29 is 5.11 Å². The number of imidazole rings is 1. The van der Waals surface area contributed by atoms with Gasteiger partial charge in [0, 0.05) is 17.0 Å². The average Bonchev–Trinajstić information content (AvgIpc) is 2.99. The number of aromatic hydroxyl groups is 1. The largest absolute Gasteiger partial charge is 0.508 e. The van der Waals surface area contributed by atoms with Gasteiger partial charge in [-0.1, -0.05) is 35.9 Å². The van der Waals surface area contributed by atoms with E-state index in [2.05, 4.69) is 4.98 Å². The lowest BCUT2D eigenvalue weighted by molar-refractivity contribution is 0.475. The third kappa shape index (κ3) is 2.84. The van der Waals surface area contributed by atoms with Gasteiger partial charge in [-0.25, -0.2) is 9.50 Å². The molecular formula is C19H14ClN3O. The van der Waals surface area contributed by atoms with Crippen molar-refractivity contribution in [2.45, 2.75) is 6.42 Å². The monoisotopic (exact) mass is 335 g/mol. The van der Waals surface area contributed by atoms with E-state index in [1.54, 1.807) is 12.1 Å². The Morgan fingerprint density at radius 2 is 1.83 bits per heavy atom. The van der Waals surface area contributed by atoms with Crippen LogP contribution in [0, 0.1) is 0 Å². The highest BCUT2D eigenvalue weighted by atomic mass is 35.5. The summed E-state index contributed by atoms with van der Waals surface area (Å²) >= 11 is 6.08. The van der Waals surface area contributed by atoms with Crippen LogP contribution in [-0.2, 0) is 6.42 Å². The number of hydrogen-bond acceptors (Lipinski definition) is 3. The van der Waals surface area contributed by atoms with E-state index in [1.165, 1.54) is 0 Å². The lowest BCUT2D eigenvalue weighted by Crippen LogP contribution is -2.00. The minimum Gasteiger partial charge on any atom is -0.508 e. The number of aromatic nitrogens is 3. The summed E-state index contributed by atoms with van der Waals surface area (Å²) < 4.78 is 1.85. The first-order valence-corrected chi connectivity index (χ1v) is 7.94. The second-order valence-corrected chi connectivity index (χ2v) is 6.03. The minimum atomic E-state index is 0.262. The van der Waals surface area contributed by atoms with Gasteiger partial charge in [0.2, 0.25) is 0 Å². The van der Waals surface area contributed by atoms with E-state index in [-0.39, 0.29) is 5.75 Å². The molecule has 4 nitrogen and oxygen atoms in total. The molecule has 2 heterocycles. The fourth-order valence-electron chi connectivity index (χ4n) is 2.67. The van der Waals surface area contributed by atoms with Crippen molar-refractivity contribution in [1.82, 2.24) is 14.6 Å². The number of rotatable bonds is 3. The Hall–Kier alpha value is -2.85. The molecule has 0 fully saturated rings. The van der Waals surface area contributed by atoms with Crippen molar-refractivity contribution in [3.63, 3.8) is 0 Å². The van der Waals surface area contributed by atoms with Crippen LogP contribution >= 0.6 is 11.6 Å². The maximum absolute atomic E-state index is 9.40. The zero-order valence-electron chi connectivity index (χ0n) is 12.7. The standard InChI is InChI=1S/C19H14ClN3O/c20-15-3-1-2-14(11-15)18-8-9-19-21-12-16(23(19)22-18)10-13-4-6-17(24)7-5-13/h1-9,11-12,24H,10H2. The van der Waals surface area contributed by atoms with Gasteiger partial charge in [-0.3, -0.25) is 0 Å². The summed E-state index contributed by atoms with van der Waals surface area (Å²) in [5.74, 6) is 0.262. The van der Waals surface area contributed by atoms with Gasteiger partial charge in [-0.15, -0.1) is 0 Å². The highest BCUT2D eigenvalue weighted by Gasteiger charge is 2.08. The molecule has 0 amide bonds. The smallest absolute Gasteiger partial charge is 0.153 e. The van der Waals surface area contributed by atoms with E-state index >= 15 is 0 Å². The topological polar surface area (TPSA) is 50.4 Å². The molecule has 0 radical (unpaired) electrons. The van der Waals surface area contributed by atoms with E-state index < -0.39 is 0 Å². The van der Waals surface area contributed by atoms with E-state index in [4.69, 9.17) is 16.7 Å². The first-order valence-electron chi connectivity index (χ1n) is 7.56. The highest BCUT2D eigenvalue weighted by molar-refractivity contribution is 6.30. The van der Waals surface area contributed by atoms with Gasteiger partial charge in [-0.2, -0.15) is 5.10 Å². The summed E-state index contributed by atoms with van der Waals surface area (Å²) in [6.45, 7) is 0. The minimum absolute atomic E-state index is 0.262. The molecule has 0 aliphatic rings. The highest BCUT2D eigenvalue weighted by Crippen LogP contribution is 2.22. The van der Waals surface area contributed by atoms with Gasteiger partial charge < -0.3 is 5.11 Å². The molecule has 0 atom stereocenters. The number of phenolic OH excluding ortho intramolecular Hbond substituents is 1. The summed E-state index contributed by atoms with van der Waals surface area (Å²) in [7, 11) is 0. The van der Waals surface area contributed by atoms with Crippen molar-refractivity contribution in [3.05, 3.63) is 83.1 Å². The number of nitrogens with zero attached hydrogens (tertiary/aromatic N) is 3. The second kappa shape index (κ2) is 5.98. The lowest BCUT2D eigenvalue weighted by atomic mass is 10.1. The van der Waals surface area contributed by atoms with Crippen molar-refractivity contribution in [2.24, 2.45) is 0 Å². The summed E-state index contributed by atoms with van der Waals surface area (Å²) in [4.78, 5) is 4.41. The van der Waals surface area contributed by atoms with Gasteiger partial charge in [0.05, 0.1) is 17.6 Å². The number of halogens is 1. The molecule has 0 spiro atoms. The van der Waals surface area contributed by atoms with Crippen LogP contribution in [0.25, 0.3) is 16.9 Å². The molecule has 2 aromatic heterocycles. The summed E-state index contributed by atoms with van der Waals surface area (Å²) in [5, 5.41) is 14.8. The van der Waals surface area contributed by atoms with Crippen LogP contribution in [-0.4, -0.2) is 19.7 Å². The molecular weight excluding hydrogens is 322 g/mol. The second-order valence-electron chi connectivity index (χ2n) is 5.59. The number of phenols is 1. The molecule has 1 N–H and O–H groups in total. The Bertz CT molecular complexity index is 1010. The molecule has 118 valence electrons. The van der Waals surface area contributed by atoms with Crippen molar-refractivity contribution in [2.75, 3.05) is 0 Å². The molecule has 4 rings (SSSR count). The maximum Gasteiger partial charge on any atom is 0.153 e. The molecule has 5 heteroatoms. The molecule has 0 saturated heterocycles. The molecule has 0 bridgehead atoms. The van der Waals surface area contributed by atoms with E-state index in [1.807, 2.05) is 59.2 Å². The van der Waals surface area contributed by atoms with Crippen LogP contribution < -0.4 is 0 Å². The zero-order chi connectivity index (χ0) is 16.5. The molecule has 2 aromatic carbocycles. The quantitative estimate of drug-likeness (QED) is 0.605. The van der Waals surface area contributed by atoms with Gasteiger partial charge in [0.25, 0.3) is 0 Å². The van der Waals surface area contributed by atoms with Crippen LogP contribution in [0.15, 0.2) is 66.9 Å². The molecule has 24 heavy (non-hydrogen) atoms. The van der Waals surface area contributed by atoms with E-state index in [9.17, 15) is 5.11 Å². The Morgan fingerprint density at radius 3 is 2.62 bits per heavy atom. The number of benzene rings is 2. The third-order valence-electron chi connectivity index (χ3n) is 3.87. The average molecular weight is 336 g/mol. The number of hydrogen-bond donors (Lipinski definition) is 1. The zero-order valence-corrected chi connectivity index (χ0v) is 13.5. The van der Waals surface area contributed by atoms with Crippen LogP contribution in [0.1, 0.15) is 11.3 Å². The third-order valence-corrected chi connectivity index (χ3v) is 4.11. The normalized spacial score (nSPS) is 11.0.